The Morgan fingerprint density at radius 3 is 2.38 bits per heavy atom. The van der Waals surface area contributed by atoms with Crippen LogP contribution in [0, 0.1) is 5.92 Å². The minimum absolute atomic E-state index is 0.0980. The number of nitrogens with one attached hydrogen (secondary N) is 1. The monoisotopic (exact) mass is 463 g/mol. The molecule has 2 aliphatic rings. The summed E-state index contributed by atoms with van der Waals surface area (Å²) in [5, 5.41) is 32.2. The molecule has 1 aromatic carbocycles. The average Bonchev–Trinajstić information content (AvgIpc) is 2.73. The van der Waals surface area contributed by atoms with Crippen LogP contribution in [0.15, 0.2) is 35.7 Å². The summed E-state index contributed by atoms with van der Waals surface area (Å²) < 4.78 is 0. The van der Waals surface area contributed by atoms with Crippen LogP contribution in [0.2, 0.25) is 11.3 Å². The molecule has 1 aliphatic heterocycles. The van der Waals surface area contributed by atoms with Crippen molar-refractivity contribution in [2.45, 2.75) is 69.8 Å². The molecule has 1 saturated heterocycles. The molecule has 0 bridgehead atoms. The van der Waals surface area contributed by atoms with Crippen LogP contribution in [0.5, 0.6) is 0 Å². The van der Waals surface area contributed by atoms with Crippen molar-refractivity contribution in [2.24, 2.45) is 11.7 Å². The van der Waals surface area contributed by atoms with Gasteiger partial charge in [-0.05, 0) is 74.0 Å². The van der Waals surface area contributed by atoms with Crippen molar-refractivity contribution in [3.8, 4) is 0 Å². The van der Waals surface area contributed by atoms with Gasteiger partial charge in [-0.1, -0.05) is 36.6 Å². The first kappa shape index (κ1) is 24.9. The number of carboxylic acids is 1. The largest absolute Gasteiger partial charge is 0.480 e. The SMILES string of the molecule is NC(CCCCB(O)O)(C(=O)O)C1CCN(C(NCc2ccc(Cl)cc2)=C2CCC2)CC1. The topological polar surface area (TPSA) is 119 Å². The van der Waals surface area contributed by atoms with E-state index in [2.05, 4.69) is 10.2 Å². The van der Waals surface area contributed by atoms with Gasteiger partial charge in [0.05, 0.1) is 0 Å². The minimum atomic E-state index is -1.35. The highest BCUT2D eigenvalue weighted by Crippen LogP contribution is 2.35. The number of benzene rings is 1. The molecule has 0 spiro atoms. The summed E-state index contributed by atoms with van der Waals surface area (Å²) in [5.74, 6) is 0.137. The first-order valence-electron chi connectivity index (χ1n) is 11.6. The smallest absolute Gasteiger partial charge is 0.451 e. The highest BCUT2D eigenvalue weighted by Gasteiger charge is 2.43. The highest BCUT2D eigenvalue weighted by molar-refractivity contribution is 6.40. The molecule has 1 atom stereocenters. The van der Waals surface area contributed by atoms with Gasteiger partial charge in [-0.25, -0.2) is 0 Å². The number of likely N-dealkylation sites (tertiary alicyclic amines) is 1. The predicted octanol–water partition coefficient (Wildman–Crippen LogP) is 2.96. The number of unbranched alkanes of at least 4 members (excludes halogenated alkanes) is 1. The predicted molar refractivity (Wildman–Crippen MR) is 127 cm³/mol. The van der Waals surface area contributed by atoms with E-state index in [1.54, 1.807) is 0 Å². The Labute approximate surface area is 195 Å². The minimum Gasteiger partial charge on any atom is -0.480 e. The lowest BCUT2D eigenvalue weighted by molar-refractivity contribution is -0.146. The van der Waals surface area contributed by atoms with Crippen LogP contribution in [-0.4, -0.2) is 51.8 Å². The molecule has 32 heavy (non-hydrogen) atoms. The molecule has 6 N–H and O–H groups in total. The van der Waals surface area contributed by atoms with Gasteiger partial charge in [-0.15, -0.1) is 0 Å². The first-order chi connectivity index (χ1) is 15.3. The molecule has 0 aromatic heterocycles. The molecule has 1 unspecified atom stereocenters. The van der Waals surface area contributed by atoms with Crippen LogP contribution in [0.1, 0.15) is 56.9 Å². The lowest BCUT2D eigenvalue weighted by Gasteiger charge is -2.43. The van der Waals surface area contributed by atoms with Gasteiger partial charge in [0.25, 0.3) is 0 Å². The average molecular weight is 464 g/mol. The first-order valence-corrected chi connectivity index (χ1v) is 12.0. The fourth-order valence-electron chi connectivity index (χ4n) is 4.69. The standard InChI is InChI=1S/C23H35BClN3O4/c25-20-8-6-17(7-9-20)16-27-21(18-4-3-5-18)28-14-10-19(11-15-28)23(26,22(29)30)12-1-2-13-24(31)32/h6-9,19,27,31-32H,1-5,10-16,26H2,(H,29,30). The summed E-state index contributed by atoms with van der Waals surface area (Å²) in [4.78, 5) is 14.4. The molecule has 9 heteroatoms. The Kier molecular flexibility index (Phi) is 8.88. The van der Waals surface area contributed by atoms with Gasteiger partial charge in [-0.3, -0.25) is 4.79 Å². The zero-order chi connectivity index (χ0) is 23.1. The van der Waals surface area contributed by atoms with Gasteiger partial charge in [0.1, 0.15) is 11.4 Å². The second-order valence-electron chi connectivity index (χ2n) is 9.12. The van der Waals surface area contributed by atoms with E-state index in [1.165, 1.54) is 23.4 Å². The summed E-state index contributed by atoms with van der Waals surface area (Å²) in [7, 11) is -1.35. The number of carbonyl (C=O) groups is 1. The summed E-state index contributed by atoms with van der Waals surface area (Å²) >= 11 is 5.99. The number of nitrogens with two attached hydrogens (primary N) is 1. The molecule has 1 aromatic rings. The van der Waals surface area contributed by atoms with E-state index in [0.717, 1.165) is 50.3 Å². The highest BCUT2D eigenvalue weighted by atomic mass is 35.5. The second-order valence-corrected chi connectivity index (χ2v) is 9.56. The molecule has 1 saturated carbocycles. The summed E-state index contributed by atoms with van der Waals surface area (Å²) in [6.07, 6.45) is 6.59. The van der Waals surface area contributed by atoms with Crippen LogP contribution < -0.4 is 11.1 Å². The molecule has 1 aliphatic carbocycles. The number of carboxylic acid groups (broad SMARTS) is 1. The molecule has 7 nitrogen and oxygen atoms in total. The van der Waals surface area contributed by atoms with Crippen LogP contribution >= 0.6 is 11.6 Å². The van der Waals surface area contributed by atoms with E-state index < -0.39 is 18.6 Å². The van der Waals surface area contributed by atoms with Crippen molar-refractivity contribution >= 4 is 24.7 Å². The lowest BCUT2D eigenvalue weighted by Crippen LogP contribution is -2.57. The third kappa shape index (κ3) is 6.41. The number of hydrogen-bond donors (Lipinski definition) is 5. The van der Waals surface area contributed by atoms with Crippen LogP contribution in [-0.2, 0) is 11.3 Å². The maximum absolute atomic E-state index is 12.0. The number of aliphatic carboxylic acids is 1. The van der Waals surface area contributed by atoms with Crippen LogP contribution in [0.4, 0.5) is 0 Å². The summed E-state index contributed by atoms with van der Waals surface area (Å²) in [5.41, 5.74) is 7.76. The van der Waals surface area contributed by atoms with Crippen LogP contribution in [0.25, 0.3) is 0 Å². The van der Waals surface area contributed by atoms with E-state index in [0.29, 0.717) is 19.3 Å². The number of rotatable bonds is 11. The zero-order valence-corrected chi connectivity index (χ0v) is 19.4. The number of hydrogen-bond acceptors (Lipinski definition) is 6. The summed E-state index contributed by atoms with van der Waals surface area (Å²) in [6.45, 7) is 2.28. The fraction of sp³-hybridized carbons (Fsp3) is 0.609. The van der Waals surface area contributed by atoms with Crippen LogP contribution in [0.3, 0.4) is 0 Å². The molecule has 176 valence electrons. The Morgan fingerprint density at radius 2 is 1.84 bits per heavy atom. The van der Waals surface area contributed by atoms with E-state index in [-0.39, 0.29) is 12.2 Å². The van der Waals surface area contributed by atoms with Crippen molar-refractivity contribution in [3.63, 3.8) is 0 Å². The zero-order valence-electron chi connectivity index (χ0n) is 18.6. The van der Waals surface area contributed by atoms with E-state index >= 15 is 0 Å². The molecule has 2 fully saturated rings. The van der Waals surface area contributed by atoms with Gasteiger partial charge in [0.15, 0.2) is 0 Å². The Hall–Kier alpha value is -1.74. The van der Waals surface area contributed by atoms with Gasteiger partial charge in [0.2, 0.25) is 0 Å². The Bertz CT molecular complexity index is 791. The van der Waals surface area contributed by atoms with Crippen molar-refractivity contribution in [1.82, 2.24) is 10.2 Å². The van der Waals surface area contributed by atoms with Gasteiger partial charge >= 0.3 is 13.1 Å². The Balaban J connectivity index is 1.58. The van der Waals surface area contributed by atoms with Gasteiger partial charge in [0, 0.05) is 24.7 Å². The Morgan fingerprint density at radius 1 is 1.19 bits per heavy atom. The molecular formula is C23H35BClN3O4. The van der Waals surface area contributed by atoms with Crippen molar-refractivity contribution in [3.05, 3.63) is 46.2 Å². The van der Waals surface area contributed by atoms with E-state index in [1.807, 2.05) is 24.3 Å². The normalized spacial score (nSPS) is 18.6. The maximum Gasteiger partial charge on any atom is 0.451 e. The number of allylic oxidation sites excluding steroid dienone is 1. The van der Waals surface area contributed by atoms with E-state index in [4.69, 9.17) is 27.4 Å². The third-order valence-corrected chi connectivity index (χ3v) is 7.16. The third-order valence-electron chi connectivity index (χ3n) is 6.91. The number of nitrogens with zero attached hydrogens (tertiary/aromatic N) is 1. The molecule has 0 amide bonds. The number of halogens is 1. The van der Waals surface area contributed by atoms with Gasteiger partial charge < -0.3 is 31.1 Å². The van der Waals surface area contributed by atoms with Gasteiger partial charge in [-0.2, -0.15) is 0 Å². The molecule has 0 radical (unpaired) electrons. The summed E-state index contributed by atoms with van der Waals surface area (Å²) in [6, 6.07) is 7.84. The number of piperidine rings is 1. The van der Waals surface area contributed by atoms with Crippen molar-refractivity contribution < 1.29 is 19.9 Å². The molecule has 3 rings (SSSR count). The quantitative estimate of drug-likeness (QED) is 0.253. The van der Waals surface area contributed by atoms with Crippen molar-refractivity contribution in [2.75, 3.05) is 13.1 Å². The fourth-order valence-corrected chi connectivity index (χ4v) is 4.81. The van der Waals surface area contributed by atoms with Crippen molar-refractivity contribution in [1.29, 1.82) is 0 Å². The maximum atomic E-state index is 12.0. The second kappa shape index (κ2) is 11.4. The molecular weight excluding hydrogens is 429 g/mol. The lowest BCUT2D eigenvalue weighted by atomic mass is 9.74. The molecule has 1 heterocycles. The van der Waals surface area contributed by atoms with E-state index in [9.17, 15) is 9.90 Å².